The second kappa shape index (κ2) is 7.50. The van der Waals surface area contributed by atoms with Gasteiger partial charge >= 0.3 is 0 Å². The van der Waals surface area contributed by atoms with Gasteiger partial charge in [-0.2, -0.15) is 5.10 Å². The number of nitrogens with zero attached hydrogens (tertiary/aromatic N) is 3. The summed E-state index contributed by atoms with van der Waals surface area (Å²) in [4.78, 5) is 4.68. The van der Waals surface area contributed by atoms with Crippen LogP contribution in [0.15, 0.2) is 73.2 Å². The molecule has 4 aromatic rings. The van der Waals surface area contributed by atoms with E-state index in [2.05, 4.69) is 58.7 Å². The van der Waals surface area contributed by atoms with Gasteiger partial charge in [0.15, 0.2) is 5.65 Å². The third-order valence-corrected chi connectivity index (χ3v) is 4.46. The first-order valence-corrected chi connectivity index (χ1v) is 9.04. The first-order chi connectivity index (χ1) is 12.8. The highest BCUT2D eigenvalue weighted by Crippen LogP contribution is 2.25. The van der Waals surface area contributed by atoms with Crippen LogP contribution in [0.3, 0.4) is 0 Å². The normalized spacial score (nSPS) is 11.1. The number of hydrogen-bond donors (Lipinski definition) is 1. The number of aromatic nitrogens is 3. The number of hydrogen-bond acceptors (Lipinski definition) is 3. The molecular formula is C22H22N4. The lowest BCUT2D eigenvalue weighted by Gasteiger charge is -2.07. The van der Waals surface area contributed by atoms with E-state index in [0.29, 0.717) is 0 Å². The summed E-state index contributed by atoms with van der Waals surface area (Å²) < 4.78 is 1.86. The monoisotopic (exact) mass is 342 g/mol. The summed E-state index contributed by atoms with van der Waals surface area (Å²) in [6.07, 6.45) is 7.01. The van der Waals surface area contributed by atoms with Crippen LogP contribution in [0.4, 0.5) is 0 Å². The summed E-state index contributed by atoms with van der Waals surface area (Å²) in [5, 5.41) is 7.95. The third-order valence-electron chi connectivity index (χ3n) is 4.46. The largest absolute Gasteiger partial charge is 0.313 e. The van der Waals surface area contributed by atoms with Crippen molar-refractivity contribution in [1.29, 1.82) is 0 Å². The molecule has 4 rings (SSSR count). The van der Waals surface area contributed by atoms with Gasteiger partial charge in [-0.1, -0.05) is 55.5 Å². The third kappa shape index (κ3) is 3.37. The Bertz CT molecular complexity index is 1010. The molecular weight excluding hydrogens is 320 g/mol. The molecule has 0 spiro atoms. The lowest BCUT2D eigenvalue weighted by atomic mass is 10.1. The Labute approximate surface area is 153 Å². The van der Waals surface area contributed by atoms with Crippen molar-refractivity contribution >= 4 is 5.65 Å². The van der Waals surface area contributed by atoms with E-state index in [1.807, 2.05) is 41.3 Å². The van der Waals surface area contributed by atoms with E-state index in [1.165, 1.54) is 5.56 Å². The number of rotatable bonds is 6. The number of benzene rings is 2. The molecule has 0 amide bonds. The second-order valence-electron chi connectivity index (χ2n) is 6.41. The van der Waals surface area contributed by atoms with Crippen LogP contribution in [-0.2, 0) is 6.54 Å². The molecule has 26 heavy (non-hydrogen) atoms. The van der Waals surface area contributed by atoms with Crippen LogP contribution in [0.25, 0.3) is 27.9 Å². The smallest absolute Gasteiger partial charge is 0.162 e. The molecule has 2 aromatic carbocycles. The Hall–Kier alpha value is -2.98. The van der Waals surface area contributed by atoms with Gasteiger partial charge in [-0.25, -0.2) is 9.50 Å². The van der Waals surface area contributed by atoms with E-state index < -0.39 is 0 Å². The van der Waals surface area contributed by atoms with Crippen molar-refractivity contribution in [1.82, 2.24) is 19.9 Å². The summed E-state index contributed by atoms with van der Waals surface area (Å²) in [5.74, 6) is 0. The standard InChI is InChI=1S/C22H22N4/c1-2-11-23-13-17-7-6-10-19(12-17)20-14-24-22-21(15-25-26(22)16-20)18-8-4-3-5-9-18/h3-10,12,14-16,23H,2,11,13H2,1H3. The van der Waals surface area contributed by atoms with Gasteiger partial charge in [-0.15, -0.1) is 0 Å². The maximum atomic E-state index is 4.68. The Morgan fingerprint density at radius 3 is 2.62 bits per heavy atom. The fraction of sp³-hybridized carbons (Fsp3) is 0.182. The van der Waals surface area contributed by atoms with E-state index in [-0.39, 0.29) is 0 Å². The molecule has 2 heterocycles. The molecule has 0 saturated heterocycles. The highest BCUT2D eigenvalue weighted by atomic mass is 15.2. The van der Waals surface area contributed by atoms with Gasteiger partial charge in [-0.3, -0.25) is 0 Å². The van der Waals surface area contributed by atoms with Crippen molar-refractivity contribution < 1.29 is 0 Å². The predicted molar refractivity (Wildman–Crippen MR) is 106 cm³/mol. The predicted octanol–water partition coefficient (Wildman–Crippen LogP) is 4.56. The maximum absolute atomic E-state index is 4.68. The minimum Gasteiger partial charge on any atom is -0.313 e. The van der Waals surface area contributed by atoms with Crippen molar-refractivity contribution in [3.05, 3.63) is 78.8 Å². The zero-order chi connectivity index (χ0) is 17.8. The minimum atomic E-state index is 0.876. The Balaban J connectivity index is 1.65. The highest BCUT2D eigenvalue weighted by molar-refractivity contribution is 5.77. The van der Waals surface area contributed by atoms with Crippen molar-refractivity contribution in [2.24, 2.45) is 0 Å². The van der Waals surface area contributed by atoms with Crippen molar-refractivity contribution in [2.45, 2.75) is 19.9 Å². The Morgan fingerprint density at radius 2 is 1.77 bits per heavy atom. The lowest BCUT2D eigenvalue weighted by molar-refractivity contribution is 0.675. The van der Waals surface area contributed by atoms with Crippen molar-refractivity contribution in [3.63, 3.8) is 0 Å². The summed E-state index contributed by atoms with van der Waals surface area (Å²) in [5.41, 5.74) is 6.56. The summed E-state index contributed by atoms with van der Waals surface area (Å²) in [6, 6.07) is 18.8. The Kier molecular flexibility index (Phi) is 4.75. The molecule has 0 fully saturated rings. The molecule has 0 atom stereocenters. The zero-order valence-electron chi connectivity index (χ0n) is 14.9. The number of fused-ring (bicyclic) bond motifs is 1. The quantitative estimate of drug-likeness (QED) is 0.522. The SMILES string of the molecule is CCCNCc1cccc(-c2cnc3c(-c4ccccc4)cnn3c2)c1. The highest BCUT2D eigenvalue weighted by Gasteiger charge is 2.09. The molecule has 4 nitrogen and oxygen atoms in total. The van der Waals surface area contributed by atoms with Crippen LogP contribution in [0.5, 0.6) is 0 Å². The Morgan fingerprint density at radius 1 is 0.923 bits per heavy atom. The first-order valence-electron chi connectivity index (χ1n) is 9.04. The molecule has 0 aliphatic carbocycles. The van der Waals surface area contributed by atoms with Crippen LogP contribution in [0.1, 0.15) is 18.9 Å². The van der Waals surface area contributed by atoms with E-state index in [4.69, 9.17) is 0 Å². The van der Waals surface area contributed by atoms with Gasteiger partial charge in [0.25, 0.3) is 0 Å². The average Bonchev–Trinajstić information content (AvgIpc) is 3.12. The van der Waals surface area contributed by atoms with Crippen LogP contribution in [0.2, 0.25) is 0 Å². The average molecular weight is 342 g/mol. The van der Waals surface area contributed by atoms with Gasteiger partial charge in [-0.05, 0) is 35.7 Å². The zero-order valence-corrected chi connectivity index (χ0v) is 14.9. The summed E-state index contributed by atoms with van der Waals surface area (Å²) in [7, 11) is 0. The van der Waals surface area contributed by atoms with Gasteiger partial charge in [0.1, 0.15) is 0 Å². The summed E-state index contributed by atoms with van der Waals surface area (Å²) >= 11 is 0. The van der Waals surface area contributed by atoms with Gasteiger partial charge in [0.05, 0.1) is 6.20 Å². The van der Waals surface area contributed by atoms with E-state index in [9.17, 15) is 0 Å². The lowest BCUT2D eigenvalue weighted by Crippen LogP contribution is -2.13. The van der Waals surface area contributed by atoms with Crippen molar-refractivity contribution in [3.8, 4) is 22.3 Å². The fourth-order valence-electron chi connectivity index (χ4n) is 3.12. The molecule has 0 aliphatic rings. The van der Waals surface area contributed by atoms with Crippen LogP contribution >= 0.6 is 0 Å². The topological polar surface area (TPSA) is 42.2 Å². The second-order valence-corrected chi connectivity index (χ2v) is 6.41. The van der Waals surface area contributed by atoms with Crippen LogP contribution < -0.4 is 5.32 Å². The first kappa shape index (κ1) is 16.5. The van der Waals surface area contributed by atoms with Crippen molar-refractivity contribution in [2.75, 3.05) is 6.54 Å². The molecule has 130 valence electrons. The summed E-state index contributed by atoms with van der Waals surface area (Å²) in [6.45, 7) is 4.10. The van der Waals surface area contributed by atoms with Gasteiger partial charge in [0.2, 0.25) is 0 Å². The maximum Gasteiger partial charge on any atom is 0.162 e. The molecule has 0 aliphatic heterocycles. The van der Waals surface area contributed by atoms with E-state index in [1.54, 1.807) is 0 Å². The molecule has 0 bridgehead atoms. The molecule has 2 aromatic heterocycles. The van der Waals surface area contributed by atoms with Gasteiger partial charge in [0, 0.05) is 30.1 Å². The molecule has 4 heteroatoms. The minimum absolute atomic E-state index is 0.876. The molecule has 0 saturated carbocycles. The van der Waals surface area contributed by atoms with E-state index >= 15 is 0 Å². The molecule has 0 radical (unpaired) electrons. The molecule has 0 unspecified atom stereocenters. The van der Waals surface area contributed by atoms with Crippen LogP contribution in [0, 0.1) is 0 Å². The van der Waals surface area contributed by atoms with Crippen LogP contribution in [-0.4, -0.2) is 21.1 Å². The number of nitrogens with one attached hydrogen (secondary N) is 1. The fourth-order valence-corrected chi connectivity index (χ4v) is 3.12. The van der Waals surface area contributed by atoms with E-state index in [0.717, 1.165) is 47.4 Å². The molecule has 1 N–H and O–H groups in total. The van der Waals surface area contributed by atoms with Gasteiger partial charge < -0.3 is 5.32 Å².